The van der Waals surface area contributed by atoms with Crippen molar-refractivity contribution in [3.63, 3.8) is 0 Å². The number of hydrogen-bond acceptors (Lipinski definition) is 4. The van der Waals surface area contributed by atoms with E-state index in [2.05, 4.69) is 21.7 Å². The van der Waals surface area contributed by atoms with Crippen LogP contribution in [0.1, 0.15) is 19.4 Å². The molecular formula is C23H28N4O2. The Kier molecular flexibility index (Phi) is 7.28. The highest BCUT2D eigenvalue weighted by atomic mass is 16.5. The summed E-state index contributed by atoms with van der Waals surface area (Å²) < 4.78 is 11.4. The number of ether oxygens (including phenoxy) is 2. The number of rotatable bonds is 8. The van der Waals surface area contributed by atoms with Crippen molar-refractivity contribution < 1.29 is 9.47 Å². The quantitative estimate of drug-likeness (QED) is 0.451. The van der Waals surface area contributed by atoms with Crippen molar-refractivity contribution in [1.29, 1.82) is 0 Å². The molecule has 0 bridgehead atoms. The van der Waals surface area contributed by atoms with Gasteiger partial charge in [-0.05, 0) is 43.7 Å². The third-order valence-electron chi connectivity index (χ3n) is 4.45. The average Bonchev–Trinajstić information content (AvgIpc) is 2.76. The Bertz CT molecular complexity index is 953. The van der Waals surface area contributed by atoms with Gasteiger partial charge in [0.1, 0.15) is 6.10 Å². The largest absolute Gasteiger partial charge is 0.493 e. The number of nitrogens with one attached hydrogen (secondary N) is 2. The number of methoxy groups -OCH3 is 1. The van der Waals surface area contributed by atoms with Gasteiger partial charge in [0.2, 0.25) is 0 Å². The molecule has 0 amide bonds. The van der Waals surface area contributed by atoms with Crippen molar-refractivity contribution in [1.82, 2.24) is 15.6 Å². The van der Waals surface area contributed by atoms with Crippen LogP contribution in [0.15, 0.2) is 65.8 Å². The second-order valence-corrected chi connectivity index (χ2v) is 6.64. The SMILES string of the molecule is CCNC(=NCc1ccnc2ccccc12)NCC(C)Oc1ccccc1OC. The normalized spacial score (nSPS) is 12.4. The standard InChI is InChI=1S/C23H28N4O2/c1-4-24-23(26-15-17(2)29-22-12-8-7-11-21(22)28-3)27-16-18-13-14-25-20-10-6-5-9-19(18)20/h5-14,17H,4,15-16H2,1-3H3,(H2,24,26,27). The second kappa shape index (κ2) is 10.3. The third-order valence-corrected chi connectivity index (χ3v) is 4.45. The molecule has 0 aliphatic carbocycles. The van der Waals surface area contributed by atoms with Crippen LogP contribution in [0.25, 0.3) is 10.9 Å². The van der Waals surface area contributed by atoms with Crippen LogP contribution in [0, 0.1) is 0 Å². The Balaban J connectivity index is 1.63. The molecule has 0 aliphatic rings. The average molecular weight is 393 g/mol. The Labute approximate surface area is 172 Å². The van der Waals surface area contributed by atoms with Gasteiger partial charge in [-0.1, -0.05) is 30.3 Å². The van der Waals surface area contributed by atoms with E-state index in [1.165, 1.54) is 0 Å². The molecule has 6 nitrogen and oxygen atoms in total. The number of aliphatic imine (C=N–C) groups is 1. The molecule has 1 unspecified atom stereocenters. The lowest BCUT2D eigenvalue weighted by Gasteiger charge is -2.19. The van der Waals surface area contributed by atoms with Gasteiger partial charge in [0.25, 0.3) is 0 Å². The summed E-state index contributed by atoms with van der Waals surface area (Å²) in [5.41, 5.74) is 2.13. The molecule has 0 fully saturated rings. The highest BCUT2D eigenvalue weighted by Crippen LogP contribution is 2.26. The Hall–Kier alpha value is -3.28. The molecule has 0 radical (unpaired) electrons. The van der Waals surface area contributed by atoms with Crippen molar-refractivity contribution in [2.24, 2.45) is 4.99 Å². The van der Waals surface area contributed by atoms with Crippen LogP contribution in [-0.2, 0) is 6.54 Å². The van der Waals surface area contributed by atoms with Crippen LogP contribution < -0.4 is 20.1 Å². The lowest BCUT2D eigenvalue weighted by molar-refractivity contribution is 0.213. The first kappa shape index (κ1) is 20.5. The maximum absolute atomic E-state index is 6.01. The molecule has 2 N–H and O–H groups in total. The van der Waals surface area contributed by atoms with E-state index in [-0.39, 0.29) is 6.10 Å². The summed E-state index contributed by atoms with van der Waals surface area (Å²) in [4.78, 5) is 9.15. The van der Waals surface area contributed by atoms with Crippen molar-refractivity contribution in [2.75, 3.05) is 20.2 Å². The minimum atomic E-state index is -0.0584. The number of guanidine groups is 1. The summed E-state index contributed by atoms with van der Waals surface area (Å²) in [7, 11) is 1.64. The fourth-order valence-electron chi connectivity index (χ4n) is 3.01. The predicted octanol–water partition coefficient (Wildman–Crippen LogP) is 3.77. The summed E-state index contributed by atoms with van der Waals surface area (Å²) in [5.74, 6) is 2.21. The Morgan fingerprint density at radius 3 is 2.59 bits per heavy atom. The van der Waals surface area contributed by atoms with Crippen molar-refractivity contribution in [3.05, 3.63) is 66.4 Å². The third kappa shape index (κ3) is 5.60. The molecule has 0 saturated heterocycles. The summed E-state index contributed by atoms with van der Waals surface area (Å²) in [6, 6.07) is 17.8. The maximum atomic E-state index is 6.01. The number of nitrogens with zero attached hydrogens (tertiary/aromatic N) is 2. The molecular weight excluding hydrogens is 364 g/mol. The van der Waals surface area contributed by atoms with Crippen molar-refractivity contribution in [2.45, 2.75) is 26.5 Å². The monoisotopic (exact) mass is 392 g/mol. The van der Waals surface area contributed by atoms with Crippen LogP contribution in [0.4, 0.5) is 0 Å². The minimum Gasteiger partial charge on any atom is -0.493 e. The molecule has 1 aromatic heterocycles. The number of fused-ring (bicyclic) bond motifs is 1. The lowest BCUT2D eigenvalue weighted by atomic mass is 10.1. The molecule has 0 aliphatic heterocycles. The molecule has 6 heteroatoms. The van der Waals surface area contributed by atoms with Crippen LogP contribution in [0.3, 0.4) is 0 Å². The van der Waals surface area contributed by atoms with Crippen LogP contribution in [0.5, 0.6) is 11.5 Å². The summed E-state index contributed by atoms with van der Waals surface area (Å²) >= 11 is 0. The molecule has 2 aromatic carbocycles. The van der Waals surface area contributed by atoms with Gasteiger partial charge in [-0.15, -0.1) is 0 Å². The Morgan fingerprint density at radius 2 is 1.79 bits per heavy atom. The number of para-hydroxylation sites is 3. The van der Waals surface area contributed by atoms with Crippen molar-refractivity contribution >= 4 is 16.9 Å². The molecule has 3 rings (SSSR count). The summed E-state index contributed by atoms with van der Waals surface area (Å²) in [5, 5.41) is 7.77. The highest BCUT2D eigenvalue weighted by Gasteiger charge is 2.09. The molecule has 29 heavy (non-hydrogen) atoms. The van der Waals surface area contributed by atoms with E-state index in [1.54, 1.807) is 7.11 Å². The zero-order valence-corrected chi connectivity index (χ0v) is 17.2. The second-order valence-electron chi connectivity index (χ2n) is 6.64. The summed E-state index contributed by atoms with van der Waals surface area (Å²) in [6.07, 6.45) is 1.77. The number of pyridine rings is 1. The molecule has 1 heterocycles. The molecule has 0 saturated carbocycles. The molecule has 3 aromatic rings. The number of hydrogen-bond donors (Lipinski definition) is 2. The highest BCUT2D eigenvalue weighted by molar-refractivity contribution is 5.83. The van der Waals surface area contributed by atoms with Crippen LogP contribution in [-0.4, -0.2) is 37.2 Å². The Morgan fingerprint density at radius 1 is 1.03 bits per heavy atom. The van der Waals surface area contributed by atoms with E-state index >= 15 is 0 Å². The first-order chi connectivity index (χ1) is 14.2. The predicted molar refractivity (Wildman–Crippen MR) is 118 cm³/mol. The number of benzene rings is 2. The van der Waals surface area contributed by atoms with Crippen LogP contribution in [0.2, 0.25) is 0 Å². The van der Waals surface area contributed by atoms with Gasteiger partial charge in [0.05, 0.1) is 25.7 Å². The van der Waals surface area contributed by atoms with E-state index in [0.717, 1.165) is 40.5 Å². The van der Waals surface area contributed by atoms with Gasteiger partial charge in [-0.2, -0.15) is 0 Å². The fraction of sp³-hybridized carbons (Fsp3) is 0.304. The topological polar surface area (TPSA) is 67.8 Å². The lowest BCUT2D eigenvalue weighted by Crippen LogP contribution is -2.41. The smallest absolute Gasteiger partial charge is 0.191 e. The van der Waals surface area contributed by atoms with E-state index in [4.69, 9.17) is 14.5 Å². The fourth-order valence-corrected chi connectivity index (χ4v) is 3.01. The minimum absolute atomic E-state index is 0.0584. The number of aromatic nitrogens is 1. The van der Waals surface area contributed by atoms with E-state index in [0.29, 0.717) is 13.1 Å². The maximum Gasteiger partial charge on any atom is 0.191 e. The molecule has 1 atom stereocenters. The van der Waals surface area contributed by atoms with Gasteiger partial charge in [0, 0.05) is 18.1 Å². The zero-order valence-electron chi connectivity index (χ0n) is 17.2. The van der Waals surface area contributed by atoms with Crippen molar-refractivity contribution in [3.8, 4) is 11.5 Å². The van der Waals surface area contributed by atoms with Gasteiger partial charge in [-0.25, -0.2) is 4.99 Å². The van der Waals surface area contributed by atoms with E-state index < -0.39 is 0 Å². The first-order valence-corrected chi connectivity index (χ1v) is 9.85. The van der Waals surface area contributed by atoms with E-state index in [1.807, 2.05) is 68.6 Å². The van der Waals surface area contributed by atoms with Crippen LogP contribution >= 0.6 is 0 Å². The van der Waals surface area contributed by atoms with E-state index in [9.17, 15) is 0 Å². The molecule has 152 valence electrons. The van der Waals surface area contributed by atoms with Gasteiger partial charge >= 0.3 is 0 Å². The summed E-state index contributed by atoms with van der Waals surface area (Å²) in [6.45, 7) is 6.03. The zero-order chi connectivity index (χ0) is 20.5. The first-order valence-electron chi connectivity index (χ1n) is 9.85. The molecule has 0 spiro atoms. The van der Waals surface area contributed by atoms with Gasteiger partial charge < -0.3 is 20.1 Å². The van der Waals surface area contributed by atoms with Gasteiger partial charge in [-0.3, -0.25) is 4.98 Å². The van der Waals surface area contributed by atoms with Gasteiger partial charge in [0.15, 0.2) is 17.5 Å².